The second kappa shape index (κ2) is 9.64. The van der Waals surface area contributed by atoms with Gasteiger partial charge in [-0.3, -0.25) is 9.78 Å². The van der Waals surface area contributed by atoms with Gasteiger partial charge >= 0.3 is 0 Å². The van der Waals surface area contributed by atoms with Crippen LogP contribution >= 0.6 is 0 Å². The molecule has 0 aliphatic rings. The molecular formula is C26H29FN2O4S. The fourth-order valence-corrected chi connectivity index (χ4v) is 5.10. The van der Waals surface area contributed by atoms with Crippen LogP contribution in [0, 0.1) is 12.7 Å². The van der Waals surface area contributed by atoms with E-state index in [2.05, 4.69) is 9.71 Å². The molecular weight excluding hydrogens is 455 g/mol. The number of aryl methyl sites for hydroxylation is 1. The molecule has 3 aromatic rings. The number of halogens is 1. The summed E-state index contributed by atoms with van der Waals surface area (Å²) in [6.07, 6.45) is 2.90. The number of aliphatic hydroxyl groups is 1. The lowest BCUT2D eigenvalue weighted by molar-refractivity contribution is -0.118. The molecule has 0 bridgehead atoms. The number of amides is 1. The zero-order valence-corrected chi connectivity index (χ0v) is 20.7. The van der Waals surface area contributed by atoms with Gasteiger partial charge in [0.1, 0.15) is 5.82 Å². The summed E-state index contributed by atoms with van der Waals surface area (Å²) >= 11 is 0. The van der Waals surface area contributed by atoms with Crippen molar-refractivity contribution in [3.8, 4) is 11.1 Å². The number of carbonyl (C=O) groups is 1. The number of pyridine rings is 1. The van der Waals surface area contributed by atoms with Gasteiger partial charge in [-0.25, -0.2) is 17.5 Å². The highest BCUT2D eigenvalue weighted by atomic mass is 32.2. The third-order valence-corrected chi connectivity index (χ3v) is 7.15. The Balaban J connectivity index is 1.96. The first-order chi connectivity index (χ1) is 15.8. The van der Waals surface area contributed by atoms with E-state index in [1.165, 1.54) is 24.3 Å². The lowest BCUT2D eigenvalue weighted by atomic mass is 9.88. The van der Waals surface area contributed by atoms with E-state index in [-0.39, 0.29) is 17.2 Å². The molecule has 0 spiro atoms. The Morgan fingerprint density at radius 1 is 1.12 bits per heavy atom. The molecule has 0 aliphatic carbocycles. The molecule has 2 aromatic carbocycles. The molecule has 0 atom stereocenters. The van der Waals surface area contributed by atoms with E-state index in [1.54, 1.807) is 51.4 Å². The van der Waals surface area contributed by atoms with Crippen LogP contribution in [0.15, 0.2) is 59.8 Å². The smallest absolute Gasteiger partial charge is 0.264 e. The second-order valence-corrected chi connectivity index (χ2v) is 10.8. The number of sulfonamides is 1. The first-order valence-electron chi connectivity index (χ1n) is 10.9. The summed E-state index contributed by atoms with van der Waals surface area (Å²) in [6.45, 7) is 8.58. The van der Waals surface area contributed by atoms with Crippen LogP contribution in [0.3, 0.4) is 0 Å². The maximum Gasteiger partial charge on any atom is 0.264 e. The molecule has 1 amide bonds. The molecule has 6 nitrogen and oxygen atoms in total. The lowest BCUT2D eigenvalue weighted by Crippen LogP contribution is -2.33. The van der Waals surface area contributed by atoms with Crippen molar-refractivity contribution in [3.05, 3.63) is 82.9 Å². The molecule has 0 radical (unpaired) electrons. The fraction of sp³-hybridized carbons (Fsp3) is 0.308. The molecule has 0 fully saturated rings. The van der Waals surface area contributed by atoms with Gasteiger partial charge in [-0.1, -0.05) is 26.0 Å². The van der Waals surface area contributed by atoms with Crippen LogP contribution in [0.4, 0.5) is 4.39 Å². The van der Waals surface area contributed by atoms with E-state index >= 15 is 0 Å². The zero-order valence-electron chi connectivity index (χ0n) is 19.9. The Hall–Kier alpha value is -3.10. The van der Waals surface area contributed by atoms with Crippen molar-refractivity contribution in [1.82, 2.24) is 9.71 Å². The number of hydrogen-bond acceptors (Lipinski definition) is 5. The Labute approximate surface area is 199 Å². The van der Waals surface area contributed by atoms with Gasteiger partial charge < -0.3 is 5.11 Å². The molecule has 34 heavy (non-hydrogen) atoms. The van der Waals surface area contributed by atoms with Crippen LogP contribution in [0.5, 0.6) is 0 Å². The summed E-state index contributed by atoms with van der Waals surface area (Å²) in [5.74, 6) is -1.25. The number of benzene rings is 2. The average molecular weight is 485 g/mol. The van der Waals surface area contributed by atoms with Gasteiger partial charge in [-0.05, 0) is 90.4 Å². The van der Waals surface area contributed by atoms with Crippen LogP contribution in [0.25, 0.3) is 11.1 Å². The van der Waals surface area contributed by atoms with Crippen molar-refractivity contribution in [1.29, 1.82) is 0 Å². The van der Waals surface area contributed by atoms with E-state index in [0.717, 1.165) is 0 Å². The highest BCUT2D eigenvalue weighted by Crippen LogP contribution is 2.32. The number of aromatic nitrogens is 1. The molecule has 8 heteroatoms. The molecule has 180 valence electrons. The summed E-state index contributed by atoms with van der Waals surface area (Å²) in [5.41, 5.74) is 2.22. The average Bonchev–Trinajstić information content (AvgIpc) is 2.73. The van der Waals surface area contributed by atoms with Gasteiger partial charge in [-0.15, -0.1) is 0 Å². The van der Waals surface area contributed by atoms with Gasteiger partial charge in [-0.2, -0.15) is 0 Å². The third kappa shape index (κ3) is 5.69. The summed E-state index contributed by atoms with van der Waals surface area (Å²) < 4.78 is 42.5. The van der Waals surface area contributed by atoms with Crippen molar-refractivity contribution in [2.45, 2.75) is 57.5 Å². The Bertz CT molecular complexity index is 1310. The van der Waals surface area contributed by atoms with E-state index in [1.807, 2.05) is 13.8 Å². The predicted molar refractivity (Wildman–Crippen MR) is 129 cm³/mol. The van der Waals surface area contributed by atoms with Crippen LogP contribution in [-0.4, -0.2) is 24.4 Å². The Morgan fingerprint density at radius 2 is 1.76 bits per heavy atom. The van der Waals surface area contributed by atoms with Crippen LogP contribution in [-0.2, 0) is 26.8 Å². The summed E-state index contributed by atoms with van der Waals surface area (Å²) in [7, 11) is -4.16. The SMILES string of the molecule is Cc1cc(C(C)(C)O)ccc1S(=O)(=O)NC(=O)Cc1c(-c2ccncc2)cc(F)cc1C(C)C. The first kappa shape index (κ1) is 25.5. The molecule has 1 heterocycles. The van der Waals surface area contributed by atoms with Crippen LogP contribution < -0.4 is 4.72 Å². The minimum absolute atomic E-state index is 0.0496. The highest BCUT2D eigenvalue weighted by molar-refractivity contribution is 7.90. The number of nitrogens with one attached hydrogen (secondary N) is 1. The maximum atomic E-state index is 14.4. The quantitative estimate of drug-likeness (QED) is 0.511. The van der Waals surface area contributed by atoms with E-state index < -0.39 is 27.3 Å². The topological polar surface area (TPSA) is 96.4 Å². The normalized spacial score (nSPS) is 12.1. The molecule has 0 aliphatic heterocycles. The minimum Gasteiger partial charge on any atom is -0.386 e. The van der Waals surface area contributed by atoms with Gasteiger partial charge in [0.15, 0.2) is 0 Å². The molecule has 0 saturated heterocycles. The molecule has 1 aromatic heterocycles. The van der Waals surface area contributed by atoms with Gasteiger partial charge in [0.2, 0.25) is 5.91 Å². The Morgan fingerprint density at radius 3 is 2.32 bits per heavy atom. The first-order valence-corrected chi connectivity index (χ1v) is 12.4. The van der Waals surface area contributed by atoms with Crippen molar-refractivity contribution in [2.75, 3.05) is 0 Å². The zero-order chi connectivity index (χ0) is 25.3. The molecule has 0 saturated carbocycles. The second-order valence-electron chi connectivity index (χ2n) is 9.16. The van der Waals surface area contributed by atoms with E-state index in [4.69, 9.17) is 0 Å². The maximum absolute atomic E-state index is 14.4. The number of rotatable bonds is 7. The predicted octanol–water partition coefficient (Wildman–Crippen LogP) is 4.59. The minimum atomic E-state index is -4.16. The Kier molecular flexibility index (Phi) is 7.24. The number of carbonyl (C=O) groups excluding carboxylic acids is 1. The van der Waals surface area contributed by atoms with Gasteiger partial charge in [0.25, 0.3) is 10.0 Å². The van der Waals surface area contributed by atoms with Crippen molar-refractivity contribution in [3.63, 3.8) is 0 Å². The van der Waals surface area contributed by atoms with Gasteiger partial charge in [0.05, 0.1) is 16.9 Å². The lowest BCUT2D eigenvalue weighted by Gasteiger charge is -2.20. The summed E-state index contributed by atoms with van der Waals surface area (Å²) in [4.78, 5) is 16.9. The van der Waals surface area contributed by atoms with E-state index in [0.29, 0.717) is 33.4 Å². The third-order valence-electron chi connectivity index (χ3n) is 5.62. The summed E-state index contributed by atoms with van der Waals surface area (Å²) in [5, 5.41) is 10.2. The van der Waals surface area contributed by atoms with Gasteiger partial charge in [0, 0.05) is 12.4 Å². The van der Waals surface area contributed by atoms with Crippen LogP contribution in [0.2, 0.25) is 0 Å². The van der Waals surface area contributed by atoms with Crippen molar-refractivity contribution >= 4 is 15.9 Å². The fourth-order valence-electron chi connectivity index (χ4n) is 3.89. The number of hydrogen-bond donors (Lipinski definition) is 2. The monoisotopic (exact) mass is 484 g/mol. The summed E-state index contributed by atoms with van der Waals surface area (Å²) in [6, 6.07) is 10.6. The molecule has 0 unspecified atom stereocenters. The largest absolute Gasteiger partial charge is 0.386 e. The van der Waals surface area contributed by atoms with Crippen molar-refractivity contribution < 1.29 is 22.7 Å². The van der Waals surface area contributed by atoms with Crippen LogP contribution in [0.1, 0.15) is 55.9 Å². The van der Waals surface area contributed by atoms with E-state index in [9.17, 15) is 22.7 Å². The standard InChI is InChI=1S/C26H29FN2O4S/c1-16(2)21-13-20(27)14-22(18-8-10-28-11-9-18)23(21)15-25(30)29-34(32,33)24-7-6-19(12-17(24)3)26(4,5)31/h6-14,16,31H,15H2,1-5H3,(H,29,30). The molecule has 3 rings (SSSR count). The molecule has 2 N–H and O–H groups in total. The highest BCUT2D eigenvalue weighted by Gasteiger charge is 2.25. The van der Waals surface area contributed by atoms with Crippen molar-refractivity contribution in [2.24, 2.45) is 0 Å². The number of nitrogens with zero attached hydrogens (tertiary/aromatic N) is 1.